The molecule has 2 aromatic rings. The number of hydrogen-bond acceptors (Lipinski definition) is 3. The van der Waals surface area contributed by atoms with E-state index in [1.807, 2.05) is 48.2 Å². The van der Waals surface area contributed by atoms with Gasteiger partial charge in [-0.25, -0.2) is 0 Å². The lowest BCUT2D eigenvalue weighted by Crippen LogP contribution is -2.42. The first-order chi connectivity index (χ1) is 11.2. The molecule has 2 aliphatic heterocycles. The number of hydrogen-bond donors (Lipinski definition) is 0. The maximum Gasteiger partial charge on any atom is 0.292 e. The van der Waals surface area contributed by atoms with E-state index in [0.717, 1.165) is 23.2 Å². The summed E-state index contributed by atoms with van der Waals surface area (Å²) in [7, 11) is 0. The van der Waals surface area contributed by atoms with Gasteiger partial charge >= 0.3 is 0 Å². The van der Waals surface area contributed by atoms with E-state index in [4.69, 9.17) is 9.47 Å². The van der Waals surface area contributed by atoms with Gasteiger partial charge in [0.2, 0.25) is 0 Å². The third-order valence-electron chi connectivity index (χ3n) is 4.55. The van der Waals surface area contributed by atoms with Crippen molar-refractivity contribution in [2.24, 2.45) is 0 Å². The van der Waals surface area contributed by atoms with Crippen LogP contribution in [0.3, 0.4) is 0 Å². The Labute approximate surface area is 135 Å². The SMILES string of the molecule is Cc1cccc2c1N(CCc1ccccc1)C(=O)C21OCCO1. The first kappa shape index (κ1) is 14.4. The van der Waals surface area contributed by atoms with E-state index in [9.17, 15) is 4.79 Å². The van der Waals surface area contributed by atoms with Crippen LogP contribution in [0.25, 0.3) is 0 Å². The molecular formula is C19H19NO3. The van der Waals surface area contributed by atoms with Gasteiger partial charge in [0.15, 0.2) is 0 Å². The van der Waals surface area contributed by atoms with Crippen LogP contribution < -0.4 is 4.90 Å². The minimum absolute atomic E-state index is 0.102. The minimum Gasteiger partial charge on any atom is -0.336 e. The zero-order chi connectivity index (χ0) is 15.9. The summed E-state index contributed by atoms with van der Waals surface area (Å²) >= 11 is 0. The van der Waals surface area contributed by atoms with Gasteiger partial charge in [-0.1, -0.05) is 48.5 Å². The van der Waals surface area contributed by atoms with Crippen LogP contribution in [0.15, 0.2) is 48.5 Å². The number of anilines is 1. The number of rotatable bonds is 3. The standard InChI is InChI=1S/C19H19NO3/c1-14-6-5-9-16-17(14)20(11-10-15-7-3-2-4-8-15)18(21)19(16)22-12-13-23-19/h2-9H,10-13H2,1H3. The summed E-state index contributed by atoms with van der Waals surface area (Å²) in [5, 5.41) is 0. The van der Waals surface area contributed by atoms with Crippen molar-refractivity contribution >= 4 is 11.6 Å². The van der Waals surface area contributed by atoms with Crippen molar-refractivity contribution in [3.8, 4) is 0 Å². The summed E-state index contributed by atoms with van der Waals surface area (Å²) in [6.45, 7) is 3.54. The molecule has 0 saturated carbocycles. The first-order valence-corrected chi connectivity index (χ1v) is 7.96. The van der Waals surface area contributed by atoms with Crippen molar-refractivity contribution in [2.45, 2.75) is 19.1 Å². The summed E-state index contributed by atoms with van der Waals surface area (Å²) in [6.07, 6.45) is 0.802. The topological polar surface area (TPSA) is 38.8 Å². The molecule has 1 spiro atoms. The third-order valence-corrected chi connectivity index (χ3v) is 4.55. The van der Waals surface area contributed by atoms with E-state index in [1.54, 1.807) is 0 Å². The summed E-state index contributed by atoms with van der Waals surface area (Å²) in [6, 6.07) is 16.1. The van der Waals surface area contributed by atoms with Gasteiger partial charge in [0.05, 0.1) is 18.9 Å². The number of aryl methyl sites for hydroxylation is 1. The predicted octanol–water partition coefficient (Wildman–Crippen LogP) is 2.78. The number of carbonyl (C=O) groups excluding carboxylic acids is 1. The molecule has 4 nitrogen and oxygen atoms in total. The fourth-order valence-electron chi connectivity index (χ4n) is 3.47. The Morgan fingerprint density at radius 1 is 1.04 bits per heavy atom. The monoisotopic (exact) mass is 309 g/mol. The lowest BCUT2D eigenvalue weighted by atomic mass is 10.0. The molecule has 4 rings (SSSR count). The average Bonchev–Trinajstić information content (AvgIpc) is 3.15. The zero-order valence-electron chi connectivity index (χ0n) is 13.1. The second-order valence-corrected chi connectivity index (χ2v) is 5.98. The van der Waals surface area contributed by atoms with Gasteiger partial charge in [0.1, 0.15) is 0 Å². The Bertz CT molecular complexity index is 736. The van der Waals surface area contributed by atoms with E-state index < -0.39 is 5.79 Å². The van der Waals surface area contributed by atoms with E-state index in [1.165, 1.54) is 5.56 Å². The van der Waals surface area contributed by atoms with Crippen molar-refractivity contribution in [1.29, 1.82) is 0 Å². The van der Waals surface area contributed by atoms with Crippen LogP contribution in [0, 0.1) is 6.92 Å². The molecule has 1 amide bonds. The van der Waals surface area contributed by atoms with Crippen LogP contribution in [0.4, 0.5) is 5.69 Å². The smallest absolute Gasteiger partial charge is 0.292 e. The molecule has 2 aliphatic rings. The second-order valence-electron chi connectivity index (χ2n) is 5.98. The molecule has 0 unspecified atom stereocenters. The maximum atomic E-state index is 13.0. The van der Waals surface area contributed by atoms with Crippen LogP contribution in [0.5, 0.6) is 0 Å². The third kappa shape index (κ3) is 2.18. The molecule has 1 saturated heterocycles. The van der Waals surface area contributed by atoms with Crippen molar-refractivity contribution in [1.82, 2.24) is 0 Å². The largest absolute Gasteiger partial charge is 0.336 e. The molecule has 23 heavy (non-hydrogen) atoms. The minimum atomic E-state index is -1.22. The van der Waals surface area contributed by atoms with Gasteiger partial charge in [-0.2, -0.15) is 0 Å². The highest BCUT2D eigenvalue weighted by molar-refractivity contribution is 6.07. The molecule has 0 aromatic heterocycles. The number of fused-ring (bicyclic) bond motifs is 2. The lowest BCUT2D eigenvalue weighted by molar-refractivity contribution is -0.180. The molecule has 0 aliphatic carbocycles. The van der Waals surface area contributed by atoms with Gasteiger partial charge < -0.3 is 14.4 Å². The molecule has 4 heteroatoms. The summed E-state index contributed by atoms with van der Waals surface area (Å²) in [5.41, 5.74) is 4.06. The summed E-state index contributed by atoms with van der Waals surface area (Å²) in [5.74, 6) is -1.33. The zero-order valence-corrected chi connectivity index (χ0v) is 13.1. The number of carbonyl (C=O) groups is 1. The van der Waals surface area contributed by atoms with Crippen LogP contribution >= 0.6 is 0 Å². The summed E-state index contributed by atoms with van der Waals surface area (Å²) < 4.78 is 11.5. The molecule has 2 heterocycles. The lowest BCUT2D eigenvalue weighted by Gasteiger charge is -2.22. The van der Waals surface area contributed by atoms with Crippen LogP contribution in [0.2, 0.25) is 0 Å². The Morgan fingerprint density at radius 3 is 2.52 bits per heavy atom. The number of nitrogens with zero attached hydrogens (tertiary/aromatic N) is 1. The van der Waals surface area contributed by atoms with E-state index >= 15 is 0 Å². The number of ether oxygens (including phenoxy) is 2. The second kappa shape index (κ2) is 5.48. The predicted molar refractivity (Wildman–Crippen MR) is 87.3 cm³/mol. The van der Waals surface area contributed by atoms with Gasteiger partial charge in [0, 0.05) is 12.1 Å². The molecule has 0 atom stereocenters. The number of para-hydroxylation sites is 1. The highest BCUT2D eigenvalue weighted by Gasteiger charge is 2.56. The van der Waals surface area contributed by atoms with Crippen molar-refractivity contribution < 1.29 is 14.3 Å². The molecular weight excluding hydrogens is 290 g/mol. The number of amides is 1. The Balaban J connectivity index is 1.69. The van der Waals surface area contributed by atoms with Gasteiger partial charge in [-0.15, -0.1) is 0 Å². The van der Waals surface area contributed by atoms with E-state index in [0.29, 0.717) is 19.8 Å². The molecule has 1 fully saturated rings. The van der Waals surface area contributed by atoms with E-state index in [2.05, 4.69) is 12.1 Å². The highest BCUT2D eigenvalue weighted by Crippen LogP contribution is 2.47. The van der Waals surface area contributed by atoms with Gasteiger partial charge in [-0.05, 0) is 24.5 Å². The maximum absolute atomic E-state index is 13.0. The Kier molecular flexibility index (Phi) is 3.43. The molecule has 2 aromatic carbocycles. The Morgan fingerprint density at radius 2 is 1.78 bits per heavy atom. The fraction of sp³-hybridized carbons (Fsp3) is 0.316. The number of benzene rings is 2. The van der Waals surface area contributed by atoms with Crippen LogP contribution in [0.1, 0.15) is 16.7 Å². The fourth-order valence-corrected chi connectivity index (χ4v) is 3.47. The van der Waals surface area contributed by atoms with E-state index in [-0.39, 0.29) is 5.91 Å². The molecule has 0 radical (unpaired) electrons. The van der Waals surface area contributed by atoms with Gasteiger partial charge in [0.25, 0.3) is 11.7 Å². The summed E-state index contributed by atoms with van der Waals surface area (Å²) in [4.78, 5) is 14.9. The molecule has 0 N–H and O–H groups in total. The normalized spacial score (nSPS) is 18.7. The first-order valence-electron chi connectivity index (χ1n) is 7.96. The molecule has 0 bridgehead atoms. The van der Waals surface area contributed by atoms with Crippen LogP contribution in [-0.2, 0) is 26.5 Å². The van der Waals surface area contributed by atoms with Crippen molar-refractivity contribution in [3.05, 3.63) is 65.2 Å². The highest BCUT2D eigenvalue weighted by atomic mass is 16.7. The quantitative estimate of drug-likeness (QED) is 0.875. The van der Waals surface area contributed by atoms with Crippen molar-refractivity contribution in [2.75, 3.05) is 24.7 Å². The van der Waals surface area contributed by atoms with Crippen molar-refractivity contribution in [3.63, 3.8) is 0 Å². The van der Waals surface area contributed by atoms with Gasteiger partial charge in [-0.3, -0.25) is 4.79 Å². The molecule has 118 valence electrons. The Hall–Kier alpha value is -2.17. The average molecular weight is 309 g/mol. The van der Waals surface area contributed by atoms with Crippen LogP contribution in [-0.4, -0.2) is 25.7 Å².